The van der Waals surface area contributed by atoms with Crippen LogP contribution in [0.4, 0.5) is 0 Å². The average molecular weight is 481 g/mol. The summed E-state index contributed by atoms with van der Waals surface area (Å²) in [5.41, 5.74) is 6.51. The van der Waals surface area contributed by atoms with Crippen LogP contribution in [0.3, 0.4) is 0 Å². The molecule has 11 nitrogen and oxygen atoms in total. The predicted octanol–water partition coefficient (Wildman–Crippen LogP) is 0.567. The summed E-state index contributed by atoms with van der Waals surface area (Å²) < 4.78 is 0. The van der Waals surface area contributed by atoms with Crippen LogP contribution in [0.1, 0.15) is 60.1 Å². The van der Waals surface area contributed by atoms with Crippen LogP contribution in [0.2, 0.25) is 0 Å². The number of aromatic nitrogens is 2. The number of rotatable bonds is 14. The Balaban J connectivity index is 3.07. The van der Waals surface area contributed by atoms with Gasteiger partial charge in [0.05, 0.1) is 12.4 Å². The molecule has 7 N–H and O–H groups in total. The molecule has 3 amide bonds. The van der Waals surface area contributed by atoms with Crippen LogP contribution in [-0.4, -0.2) is 62.9 Å². The first-order valence-electron chi connectivity index (χ1n) is 11.7. The maximum atomic E-state index is 13.2. The van der Waals surface area contributed by atoms with Crippen LogP contribution in [-0.2, 0) is 25.6 Å². The summed E-state index contributed by atoms with van der Waals surface area (Å²) in [5, 5.41) is 17.4. The van der Waals surface area contributed by atoms with Crippen molar-refractivity contribution in [3.63, 3.8) is 0 Å². The smallest absolute Gasteiger partial charge is 0.326 e. The largest absolute Gasteiger partial charge is 0.480 e. The molecule has 0 aliphatic rings. The van der Waals surface area contributed by atoms with Gasteiger partial charge in [0.2, 0.25) is 17.7 Å². The van der Waals surface area contributed by atoms with Gasteiger partial charge in [-0.25, -0.2) is 9.78 Å². The molecular weight excluding hydrogens is 440 g/mol. The van der Waals surface area contributed by atoms with Crippen LogP contribution in [0.15, 0.2) is 12.5 Å². The molecule has 1 aromatic heterocycles. The second-order valence-electron chi connectivity index (χ2n) is 9.83. The number of carboxylic acids is 1. The van der Waals surface area contributed by atoms with E-state index < -0.39 is 47.9 Å². The van der Waals surface area contributed by atoms with Crippen LogP contribution in [0.25, 0.3) is 0 Å². The van der Waals surface area contributed by atoms with Crippen molar-refractivity contribution in [3.8, 4) is 0 Å². The fourth-order valence-electron chi connectivity index (χ4n) is 3.34. The zero-order valence-corrected chi connectivity index (χ0v) is 20.9. The number of amides is 3. The zero-order valence-electron chi connectivity index (χ0n) is 20.9. The highest BCUT2D eigenvalue weighted by Crippen LogP contribution is 2.10. The summed E-state index contributed by atoms with van der Waals surface area (Å²) in [7, 11) is 0. The van der Waals surface area contributed by atoms with Gasteiger partial charge in [-0.05, 0) is 30.6 Å². The number of carbonyl (C=O) groups is 4. The van der Waals surface area contributed by atoms with E-state index in [1.54, 1.807) is 0 Å². The lowest BCUT2D eigenvalue weighted by molar-refractivity contribution is -0.142. The van der Waals surface area contributed by atoms with E-state index in [4.69, 9.17) is 5.73 Å². The van der Waals surface area contributed by atoms with Crippen LogP contribution < -0.4 is 21.7 Å². The van der Waals surface area contributed by atoms with Crippen molar-refractivity contribution in [2.45, 2.75) is 85.0 Å². The van der Waals surface area contributed by atoms with E-state index in [0.717, 1.165) is 0 Å². The topological polar surface area (TPSA) is 179 Å². The third kappa shape index (κ3) is 9.90. The second kappa shape index (κ2) is 13.7. The molecule has 0 fully saturated rings. The van der Waals surface area contributed by atoms with Gasteiger partial charge in [-0.3, -0.25) is 14.4 Å². The van der Waals surface area contributed by atoms with E-state index in [2.05, 4.69) is 25.9 Å². The summed E-state index contributed by atoms with van der Waals surface area (Å²) in [4.78, 5) is 57.1. The van der Waals surface area contributed by atoms with Gasteiger partial charge < -0.3 is 31.8 Å². The van der Waals surface area contributed by atoms with Gasteiger partial charge in [-0.15, -0.1) is 0 Å². The van der Waals surface area contributed by atoms with E-state index in [1.807, 2.05) is 41.5 Å². The number of aromatic amines is 1. The lowest BCUT2D eigenvalue weighted by Gasteiger charge is -2.26. The molecule has 11 heteroatoms. The van der Waals surface area contributed by atoms with Gasteiger partial charge in [-0.1, -0.05) is 41.5 Å². The Morgan fingerprint density at radius 3 is 1.85 bits per heavy atom. The third-order valence-electron chi connectivity index (χ3n) is 5.29. The minimum absolute atomic E-state index is 0.0397. The highest BCUT2D eigenvalue weighted by atomic mass is 16.4. The van der Waals surface area contributed by atoms with Crippen molar-refractivity contribution in [2.75, 3.05) is 0 Å². The number of nitrogens with one attached hydrogen (secondary N) is 4. The van der Waals surface area contributed by atoms with Crippen LogP contribution >= 0.6 is 0 Å². The molecule has 4 unspecified atom stereocenters. The van der Waals surface area contributed by atoms with Gasteiger partial charge in [0.25, 0.3) is 0 Å². The van der Waals surface area contributed by atoms with Crippen molar-refractivity contribution in [1.82, 2.24) is 25.9 Å². The summed E-state index contributed by atoms with van der Waals surface area (Å²) in [6.45, 7) is 11.1. The number of hydrogen-bond acceptors (Lipinski definition) is 6. The highest BCUT2D eigenvalue weighted by Gasteiger charge is 2.31. The molecule has 1 heterocycles. The molecule has 34 heavy (non-hydrogen) atoms. The molecule has 0 radical (unpaired) electrons. The van der Waals surface area contributed by atoms with Crippen molar-refractivity contribution < 1.29 is 24.3 Å². The van der Waals surface area contributed by atoms with Gasteiger partial charge >= 0.3 is 5.97 Å². The Labute approximate surface area is 201 Å². The molecule has 0 saturated heterocycles. The van der Waals surface area contributed by atoms with E-state index in [-0.39, 0.29) is 30.6 Å². The lowest BCUT2D eigenvalue weighted by atomic mass is 9.99. The van der Waals surface area contributed by atoms with E-state index in [9.17, 15) is 24.3 Å². The molecule has 0 saturated carbocycles. The summed E-state index contributed by atoms with van der Waals surface area (Å²) in [6, 6.07) is -3.85. The van der Waals surface area contributed by atoms with E-state index >= 15 is 0 Å². The normalized spacial score (nSPS) is 15.0. The lowest BCUT2D eigenvalue weighted by Crippen LogP contribution is -2.58. The molecule has 1 rings (SSSR count). The van der Waals surface area contributed by atoms with E-state index in [0.29, 0.717) is 12.1 Å². The Morgan fingerprint density at radius 2 is 1.38 bits per heavy atom. The third-order valence-corrected chi connectivity index (χ3v) is 5.29. The van der Waals surface area contributed by atoms with Gasteiger partial charge in [0.15, 0.2) is 0 Å². The number of nitrogens with zero attached hydrogens (tertiary/aromatic N) is 1. The molecule has 0 aliphatic carbocycles. The first-order valence-corrected chi connectivity index (χ1v) is 11.7. The zero-order chi connectivity index (χ0) is 26.0. The summed E-state index contributed by atoms with van der Waals surface area (Å²) in [6.07, 6.45) is 3.61. The highest BCUT2D eigenvalue weighted by molar-refractivity contribution is 5.94. The maximum absolute atomic E-state index is 13.2. The second-order valence-corrected chi connectivity index (χ2v) is 9.83. The van der Waals surface area contributed by atoms with Gasteiger partial charge in [0.1, 0.15) is 18.1 Å². The fraction of sp³-hybridized carbons (Fsp3) is 0.696. The molecule has 0 spiro atoms. The van der Waals surface area contributed by atoms with Gasteiger partial charge in [-0.2, -0.15) is 0 Å². The summed E-state index contributed by atoms with van der Waals surface area (Å²) >= 11 is 0. The monoisotopic (exact) mass is 480 g/mol. The average Bonchev–Trinajstić information content (AvgIpc) is 3.23. The number of H-pyrrole nitrogens is 1. The molecule has 0 bridgehead atoms. The Hall–Kier alpha value is -2.95. The first-order chi connectivity index (χ1) is 15.8. The first kappa shape index (κ1) is 29.1. The summed E-state index contributed by atoms with van der Waals surface area (Å²) in [5.74, 6) is -2.78. The SMILES string of the molecule is CC(C)CC(NC(=O)C(Cc1cnc[nH]1)NC(=O)C(CC(C)C)NC(=O)C(N)C(C)C)C(=O)O. The minimum Gasteiger partial charge on any atom is -0.480 e. The molecule has 0 aliphatic heterocycles. The minimum atomic E-state index is -1.15. The van der Waals surface area contributed by atoms with Gasteiger partial charge in [0, 0.05) is 18.3 Å². The van der Waals surface area contributed by atoms with Crippen molar-refractivity contribution in [1.29, 1.82) is 0 Å². The number of hydrogen-bond donors (Lipinski definition) is 6. The van der Waals surface area contributed by atoms with Crippen molar-refractivity contribution in [3.05, 3.63) is 18.2 Å². The number of carboxylic acid groups (broad SMARTS) is 1. The Bertz CT molecular complexity index is 809. The fourth-order valence-corrected chi connectivity index (χ4v) is 3.34. The van der Waals surface area contributed by atoms with Crippen LogP contribution in [0, 0.1) is 17.8 Å². The molecule has 1 aromatic rings. The Morgan fingerprint density at radius 1 is 0.882 bits per heavy atom. The number of imidazole rings is 1. The molecule has 192 valence electrons. The number of carbonyl (C=O) groups excluding carboxylic acids is 3. The standard InChI is InChI=1S/C23H40N6O5/c1-12(2)7-16(28-22(32)19(24)14(5)6)20(30)27-17(9-15-10-25-11-26-15)21(31)29-18(23(33)34)8-13(3)4/h10-14,16-19H,7-9,24H2,1-6H3,(H,25,26)(H,27,30)(H,28,32)(H,29,31)(H,33,34). The van der Waals surface area contributed by atoms with Crippen molar-refractivity contribution >= 4 is 23.7 Å². The number of nitrogens with two attached hydrogens (primary N) is 1. The molecular formula is C23H40N6O5. The van der Waals surface area contributed by atoms with Crippen molar-refractivity contribution in [2.24, 2.45) is 23.5 Å². The molecule has 0 aromatic carbocycles. The maximum Gasteiger partial charge on any atom is 0.326 e. The predicted molar refractivity (Wildman–Crippen MR) is 127 cm³/mol. The quantitative estimate of drug-likeness (QED) is 0.225. The molecule has 4 atom stereocenters. The Kier molecular flexibility index (Phi) is 11.7. The van der Waals surface area contributed by atoms with Crippen LogP contribution in [0.5, 0.6) is 0 Å². The van der Waals surface area contributed by atoms with E-state index in [1.165, 1.54) is 12.5 Å². The number of aliphatic carboxylic acids is 1.